The molecule has 0 aliphatic rings. The normalized spacial score (nSPS) is 16.2. The second-order valence-corrected chi connectivity index (χ2v) is 47.0. The average molecular weight is 439 g/mol. The quantitative estimate of drug-likeness (QED) is 0.458. The van der Waals surface area contributed by atoms with Gasteiger partial charge in [0.25, 0.3) is 0 Å². The average Bonchev–Trinajstić information content (AvgIpc) is 2.02. The summed E-state index contributed by atoms with van der Waals surface area (Å²) in [6.45, 7) is 29.0. The molecule has 0 atom stereocenters. The molecular weight excluding hydrogens is 393 g/mol. The van der Waals surface area contributed by atoms with E-state index < -0.39 is 48.1 Å². The third kappa shape index (κ3) is 5.33. The SMILES string of the molecule is C[Si](C)(C)C([Si](C)(C)C)[Si](N)(N)[Si](N)(N)C([Si](C)(C)C)[Si](C)(C)C. The predicted octanol–water partition coefficient (Wildman–Crippen LogP) is 3.03. The van der Waals surface area contributed by atoms with Crippen molar-refractivity contribution < 1.29 is 0 Å². The maximum atomic E-state index is 7.15. The van der Waals surface area contributed by atoms with E-state index in [1.807, 2.05) is 0 Å². The Morgan fingerprint density at radius 2 is 0.500 bits per heavy atom. The van der Waals surface area contributed by atoms with Crippen molar-refractivity contribution in [3.63, 3.8) is 0 Å². The number of rotatable bonds is 7. The van der Waals surface area contributed by atoms with Crippen LogP contribution >= 0.6 is 0 Å². The molecule has 0 amide bonds. The first-order valence-electron chi connectivity index (χ1n) is 9.14. The van der Waals surface area contributed by atoms with Gasteiger partial charge in [0.1, 0.15) is 0 Å². The molecule has 0 spiro atoms. The van der Waals surface area contributed by atoms with Crippen molar-refractivity contribution in [2.45, 2.75) is 88.1 Å². The molecule has 0 saturated heterocycles. The van der Waals surface area contributed by atoms with Gasteiger partial charge in [-0.2, -0.15) is 0 Å². The van der Waals surface area contributed by atoms with Crippen LogP contribution in [0.2, 0.25) is 88.1 Å². The van der Waals surface area contributed by atoms with E-state index in [2.05, 4.69) is 78.6 Å². The topological polar surface area (TPSA) is 104 Å². The molecule has 0 aliphatic carbocycles. The molecular formula is C14H46N4Si6. The number of nitrogens with two attached hydrogens (primary N) is 4. The summed E-state index contributed by atoms with van der Waals surface area (Å²) in [7, 11) is -11.7. The fourth-order valence-corrected chi connectivity index (χ4v) is 78.3. The fourth-order valence-electron chi connectivity index (χ4n) is 5.96. The minimum atomic E-state index is -2.73. The van der Waals surface area contributed by atoms with E-state index in [1.165, 1.54) is 0 Å². The van der Waals surface area contributed by atoms with Gasteiger partial charge in [0.2, 0.25) is 15.8 Å². The Morgan fingerprint density at radius 3 is 0.583 bits per heavy atom. The maximum Gasteiger partial charge on any atom is 0.215 e. The van der Waals surface area contributed by atoms with Gasteiger partial charge in [-0.1, -0.05) is 78.6 Å². The monoisotopic (exact) mass is 438 g/mol. The van der Waals surface area contributed by atoms with Gasteiger partial charge in [-0.05, 0) is 9.58 Å². The lowest BCUT2D eigenvalue weighted by atomic mass is 11.7. The zero-order valence-electron chi connectivity index (χ0n) is 18.5. The van der Waals surface area contributed by atoms with Crippen molar-refractivity contribution in [3.8, 4) is 0 Å². The Morgan fingerprint density at radius 1 is 0.375 bits per heavy atom. The number of hydrogen-bond donors (Lipinski definition) is 4. The summed E-state index contributed by atoms with van der Waals surface area (Å²) in [5.41, 5.74) is 0. The van der Waals surface area contributed by atoms with Crippen LogP contribution in [-0.2, 0) is 0 Å². The maximum absolute atomic E-state index is 7.15. The molecule has 0 saturated carbocycles. The Balaban J connectivity index is 6.50. The lowest BCUT2D eigenvalue weighted by Gasteiger charge is -2.57. The molecule has 0 aliphatic heterocycles. The van der Waals surface area contributed by atoms with Gasteiger partial charge in [0, 0.05) is 32.3 Å². The molecule has 10 heteroatoms. The summed E-state index contributed by atoms with van der Waals surface area (Å²) in [4.78, 5) is 0.906. The number of hydrogen-bond acceptors (Lipinski definition) is 4. The van der Waals surface area contributed by atoms with Crippen molar-refractivity contribution in [2.75, 3.05) is 0 Å². The minimum absolute atomic E-state index is 0.453. The summed E-state index contributed by atoms with van der Waals surface area (Å²) in [6, 6.07) is 0. The van der Waals surface area contributed by atoms with E-state index in [-0.39, 0.29) is 0 Å². The molecule has 0 aromatic carbocycles. The highest BCUT2D eigenvalue weighted by Crippen LogP contribution is 2.44. The lowest BCUT2D eigenvalue weighted by molar-refractivity contribution is 1.24. The van der Waals surface area contributed by atoms with E-state index >= 15 is 0 Å². The van der Waals surface area contributed by atoms with Gasteiger partial charge in [-0.25, -0.2) is 0 Å². The first-order chi connectivity index (χ1) is 9.98. The molecule has 4 nitrogen and oxygen atoms in total. The van der Waals surface area contributed by atoms with Gasteiger partial charge in [0.05, 0.1) is 0 Å². The van der Waals surface area contributed by atoms with Crippen LogP contribution in [0.3, 0.4) is 0 Å². The standard InChI is InChI=1S/C14H46N4Si6/c1-19(2,3)13(20(4,5)6)23(15,16)24(17,18)14(21(7,8)9)22(10,11)12/h13-14H,15-18H2,1-12H3. The lowest BCUT2D eigenvalue weighted by Crippen LogP contribution is -2.94. The summed E-state index contributed by atoms with van der Waals surface area (Å²) in [5.74, 6) is 0. The zero-order chi connectivity index (χ0) is 20.2. The van der Waals surface area contributed by atoms with Gasteiger partial charge >= 0.3 is 0 Å². The first-order valence-corrected chi connectivity index (χ1v) is 28.9. The van der Waals surface area contributed by atoms with Crippen LogP contribution in [0.15, 0.2) is 0 Å². The van der Waals surface area contributed by atoms with Crippen molar-refractivity contribution in [3.05, 3.63) is 0 Å². The molecule has 8 N–H and O–H groups in total. The van der Waals surface area contributed by atoms with E-state index in [0.717, 1.165) is 0 Å². The van der Waals surface area contributed by atoms with Crippen LogP contribution < -0.4 is 21.6 Å². The largest absolute Gasteiger partial charge is 0.339 e. The van der Waals surface area contributed by atoms with Crippen LogP contribution in [0.5, 0.6) is 0 Å². The highest BCUT2D eigenvalue weighted by atomic mass is 29.3. The summed E-state index contributed by atoms with van der Waals surface area (Å²) < 4.78 is 0. The molecule has 0 radical (unpaired) electrons. The van der Waals surface area contributed by atoms with Gasteiger partial charge < -0.3 is 21.6 Å². The molecule has 0 aromatic heterocycles. The van der Waals surface area contributed by atoms with Crippen molar-refractivity contribution >= 4 is 48.1 Å². The first kappa shape index (κ1) is 25.1. The molecule has 0 heterocycles. The van der Waals surface area contributed by atoms with E-state index in [1.54, 1.807) is 0 Å². The van der Waals surface area contributed by atoms with E-state index in [0.29, 0.717) is 9.58 Å². The second-order valence-electron chi connectivity index (χ2n) is 12.2. The van der Waals surface area contributed by atoms with Crippen molar-refractivity contribution in [1.29, 1.82) is 0 Å². The molecule has 24 heavy (non-hydrogen) atoms. The molecule has 0 unspecified atom stereocenters. The Labute approximate surface area is 157 Å². The third-order valence-corrected chi connectivity index (χ3v) is 51.7. The van der Waals surface area contributed by atoms with Gasteiger partial charge in [-0.15, -0.1) is 0 Å². The Hall–Kier alpha value is 1.14. The highest BCUT2D eigenvalue weighted by Gasteiger charge is 2.65. The van der Waals surface area contributed by atoms with Crippen LogP contribution in [0.25, 0.3) is 0 Å². The molecule has 0 aromatic rings. The highest BCUT2D eigenvalue weighted by molar-refractivity contribution is 7.48. The van der Waals surface area contributed by atoms with E-state index in [4.69, 9.17) is 21.6 Å². The Kier molecular flexibility index (Phi) is 7.28. The summed E-state index contributed by atoms with van der Waals surface area (Å²) in [5, 5.41) is 28.6. The molecule has 0 rings (SSSR count). The third-order valence-electron chi connectivity index (χ3n) is 5.17. The van der Waals surface area contributed by atoms with Gasteiger partial charge in [-0.3, -0.25) is 0 Å². The van der Waals surface area contributed by atoms with Crippen LogP contribution in [0.4, 0.5) is 0 Å². The van der Waals surface area contributed by atoms with Crippen LogP contribution in [0, 0.1) is 0 Å². The smallest absolute Gasteiger partial charge is 0.215 e. The predicted molar refractivity (Wildman–Crippen MR) is 129 cm³/mol. The van der Waals surface area contributed by atoms with Gasteiger partial charge in [0.15, 0.2) is 0 Å². The summed E-state index contributed by atoms with van der Waals surface area (Å²) >= 11 is 0. The summed E-state index contributed by atoms with van der Waals surface area (Å²) in [6.07, 6.45) is 0. The van der Waals surface area contributed by atoms with Crippen LogP contribution in [-0.4, -0.2) is 48.1 Å². The molecule has 0 fully saturated rings. The minimum Gasteiger partial charge on any atom is -0.339 e. The van der Waals surface area contributed by atoms with Crippen LogP contribution in [0.1, 0.15) is 0 Å². The van der Waals surface area contributed by atoms with Crippen molar-refractivity contribution in [2.24, 2.45) is 21.6 Å². The second kappa shape index (κ2) is 6.95. The molecule has 0 bridgehead atoms. The molecule has 146 valence electrons. The Bertz CT molecular complexity index is 370. The fraction of sp³-hybridized carbons (Fsp3) is 1.00. The van der Waals surface area contributed by atoms with E-state index in [9.17, 15) is 0 Å². The zero-order valence-corrected chi connectivity index (χ0v) is 24.5. The van der Waals surface area contributed by atoms with Crippen molar-refractivity contribution in [1.82, 2.24) is 0 Å².